The Labute approximate surface area is 315 Å². The van der Waals surface area contributed by atoms with Gasteiger partial charge in [0.15, 0.2) is 29.0 Å². The fraction of sp³-hybridized carbons (Fsp3) is 0.205. The van der Waals surface area contributed by atoms with Crippen LogP contribution in [0.25, 0.3) is 11.3 Å². The van der Waals surface area contributed by atoms with E-state index in [1.165, 1.54) is 48.2 Å². The zero-order valence-electron chi connectivity index (χ0n) is 30.5. The molecule has 55 heavy (non-hydrogen) atoms. The second-order valence-corrected chi connectivity index (χ2v) is 12.6. The van der Waals surface area contributed by atoms with Gasteiger partial charge in [0.05, 0.1) is 19.0 Å². The van der Waals surface area contributed by atoms with Crippen LogP contribution in [0.1, 0.15) is 46.5 Å². The van der Waals surface area contributed by atoms with Gasteiger partial charge < -0.3 is 43.0 Å². The third-order valence-electron chi connectivity index (χ3n) is 7.96. The van der Waals surface area contributed by atoms with Gasteiger partial charge in [-0.1, -0.05) is 36.4 Å². The van der Waals surface area contributed by atoms with Crippen LogP contribution in [0.2, 0.25) is 0 Å². The molecule has 0 aliphatic rings. The Morgan fingerprint density at radius 3 is 2.20 bits per heavy atom. The van der Waals surface area contributed by atoms with E-state index in [1.807, 2.05) is 13.8 Å². The highest BCUT2D eigenvalue weighted by Gasteiger charge is 2.18. The molecular weight excluding hydrogens is 712 g/mol. The number of halogens is 2. The lowest BCUT2D eigenvalue weighted by Crippen LogP contribution is -2.35. The number of hydrogen-bond donors (Lipinski definition) is 8. The van der Waals surface area contributed by atoms with Crippen LogP contribution in [-0.4, -0.2) is 45.5 Å². The molecule has 0 atom stereocenters. The number of carbonyl (C=O) groups is 2. The van der Waals surface area contributed by atoms with E-state index < -0.39 is 28.9 Å². The minimum absolute atomic E-state index is 0.0102. The third-order valence-corrected chi connectivity index (χ3v) is 7.96. The predicted molar refractivity (Wildman–Crippen MR) is 206 cm³/mol. The van der Waals surface area contributed by atoms with E-state index in [0.29, 0.717) is 23.2 Å². The van der Waals surface area contributed by atoms with Crippen molar-refractivity contribution in [3.63, 3.8) is 0 Å². The van der Waals surface area contributed by atoms with E-state index in [1.54, 1.807) is 42.5 Å². The van der Waals surface area contributed by atoms with Crippen LogP contribution in [0.5, 0.6) is 11.5 Å². The number of rotatable bonds is 13. The summed E-state index contributed by atoms with van der Waals surface area (Å²) in [5, 5.41) is 25.6. The van der Waals surface area contributed by atoms with E-state index in [2.05, 4.69) is 20.9 Å². The van der Waals surface area contributed by atoms with Gasteiger partial charge in [-0.05, 0) is 73.0 Å². The number of amidine groups is 1. The lowest BCUT2D eigenvalue weighted by Gasteiger charge is -2.17. The molecule has 1 heterocycles. The number of ether oxygens (including phenoxy) is 1. The summed E-state index contributed by atoms with van der Waals surface area (Å²) in [5.74, 6) is -2.37. The second kappa shape index (κ2) is 18.8. The predicted octanol–water partition coefficient (Wildman–Crippen LogP) is 3.98. The van der Waals surface area contributed by atoms with Crippen molar-refractivity contribution in [1.29, 1.82) is 5.41 Å². The van der Waals surface area contributed by atoms with Crippen molar-refractivity contribution in [1.82, 2.24) is 20.2 Å². The van der Waals surface area contributed by atoms with Crippen LogP contribution in [0, 0.1) is 17.0 Å². The summed E-state index contributed by atoms with van der Waals surface area (Å²) in [5.41, 5.74) is 20.1. The summed E-state index contributed by atoms with van der Waals surface area (Å²) in [6.45, 7) is 3.93. The molecule has 0 aliphatic heterocycles. The van der Waals surface area contributed by atoms with E-state index in [4.69, 9.17) is 27.3 Å². The Balaban J connectivity index is 0.000000525. The number of benzene rings is 4. The second-order valence-electron chi connectivity index (χ2n) is 12.6. The quantitative estimate of drug-likeness (QED) is 0.0489. The van der Waals surface area contributed by atoms with Gasteiger partial charge in [0.2, 0.25) is 5.91 Å². The number of aromatic hydroxyl groups is 1. The molecule has 14 nitrogen and oxygen atoms in total. The number of hydrogen-bond acceptors (Lipinski definition) is 10. The number of amides is 2. The van der Waals surface area contributed by atoms with Crippen LogP contribution < -0.4 is 43.4 Å². The summed E-state index contributed by atoms with van der Waals surface area (Å²) in [6, 6.07) is 19.6. The first-order valence-corrected chi connectivity index (χ1v) is 16.9. The lowest BCUT2D eigenvalue weighted by atomic mass is 10.1. The number of carbonyl (C=O) groups excluding carboxylic acids is 2. The maximum absolute atomic E-state index is 13.5. The van der Waals surface area contributed by atoms with Crippen LogP contribution in [0.15, 0.2) is 89.9 Å². The molecule has 16 heteroatoms. The molecule has 2 amide bonds. The standard InChI is InChI=1S/C31H33FN8O4.C8H10FNO/c1-17(2)39-29-31(44)40(16-27(42)36-13-18-3-6-20(7-4-18)28(34)35)25(15-37-29)21-10-22(12-23(33)11-21)30(43)38-14-19-5-8-24(32)26(41)9-19;1-11-8-4-6(5-10)2-3-7(8)9/h3-12,15,17,41H,13-14,16,33H2,1-2H3,(H3,34,35)(H,36,42)(H,37,39)(H,38,43);2-4H,5,10H2,1H3. The summed E-state index contributed by atoms with van der Waals surface area (Å²) >= 11 is 0. The molecule has 0 unspecified atom stereocenters. The molecule has 1 aromatic heterocycles. The molecule has 4 aromatic carbocycles. The molecule has 288 valence electrons. The Hall–Kier alpha value is -6.81. The van der Waals surface area contributed by atoms with Gasteiger partial charge in [-0.25, -0.2) is 13.8 Å². The first kappa shape index (κ1) is 41.0. The number of phenolic OH excluding ortho intramolecular Hbond substituents is 1. The number of nitrogens with zero attached hydrogens (tertiary/aromatic N) is 2. The zero-order valence-corrected chi connectivity index (χ0v) is 30.5. The molecule has 0 spiro atoms. The average molecular weight is 756 g/mol. The highest BCUT2D eigenvalue weighted by Crippen LogP contribution is 2.24. The lowest BCUT2D eigenvalue weighted by molar-refractivity contribution is -0.121. The Morgan fingerprint density at radius 1 is 0.909 bits per heavy atom. The normalized spacial score (nSPS) is 10.6. The first-order chi connectivity index (χ1) is 26.2. The summed E-state index contributed by atoms with van der Waals surface area (Å²) in [4.78, 5) is 43.8. The fourth-order valence-corrected chi connectivity index (χ4v) is 5.16. The number of aromatic nitrogens is 2. The molecule has 0 fully saturated rings. The number of nitrogen functional groups attached to an aromatic ring is 2. The molecule has 0 aliphatic carbocycles. The summed E-state index contributed by atoms with van der Waals surface area (Å²) in [7, 11) is 1.43. The van der Waals surface area contributed by atoms with E-state index in [-0.39, 0.29) is 65.8 Å². The molecule has 11 N–H and O–H groups in total. The number of nitrogens with one attached hydrogen (secondary N) is 4. The van der Waals surface area contributed by atoms with Crippen molar-refractivity contribution in [3.8, 4) is 22.8 Å². The van der Waals surface area contributed by atoms with E-state index >= 15 is 0 Å². The third kappa shape index (κ3) is 11.3. The smallest absolute Gasteiger partial charge is 0.294 e. The molecule has 0 bridgehead atoms. The van der Waals surface area contributed by atoms with Crippen molar-refractivity contribution in [2.45, 2.75) is 46.1 Å². The van der Waals surface area contributed by atoms with Crippen molar-refractivity contribution < 1.29 is 28.2 Å². The number of anilines is 2. The van der Waals surface area contributed by atoms with Crippen LogP contribution in [-0.2, 0) is 31.0 Å². The molecule has 0 saturated heterocycles. The van der Waals surface area contributed by atoms with E-state index in [9.17, 15) is 28.3 Å². The van der Waals surface area contributed by atoms with Crippen molar-refractivity contribution >= 4 is 29.2 Å². The van der Waals surface area contributed by atoms with Crippen LogP contribution in [0.3, 0.4) is 0 Å². The number of nitrogens with two attached hydrogens (primary N) is 3. The Bertz CT molecular complexity index is 2230. The van der Waals surface area contributed by atoms with Gasteiger partial charge >= 0.3 is 0 Å². The van der Waals surface area contributed by atoms with Crippen molar-refractivity contribution in [3.05, 3.63) is 135 Å². The van der Waals surface area contributed by atoms with Crippen molar-refractivity contribution in [2.24, 2.45) is 11.5 Å². The molecule has 5 rings (SSSR count). The van der Waals surface area contributed by atoms with E-state index in [0.717, 1.165) is 17.2 Å². The minimum Gasteiger partial charge on any atom is -0.505 e. The van der Waals surface area contributed by atoms with Crippen LogP contribution >= 0.6 is 0 Å². The molecule has 0 radical (unpaired) electrons. The van der Waals surface area contributed by atoms with Gasteiger partial charge in [0.1, 0.15) is 12.4 Å². The van der Waals surface area contributed by atoms with Gasteiger partial charge in [0, 0.05) is 48.1 Å². The highest BCUT2D eigenvalue weighted by atomic mass is 19.1. The number of methoxy groups -OCH3 is 1. The van der Waals surface area contributed by atoms with Crippen molar-refractivity contribution in [2.75, 3.05) is 18.2 Å². The molecule has 5 aromatic rings. The van der Waals surface area contributed by atoms with Gasteiger partial charge in [0.25, 0.3) is 11.5 Å². The summed E-state index contributed by atoms with van der Waals surface area (Å²) < 4.78 is 32.1. The topological polar surface area (TPSA) is 236 Å². The average Bonchev–Trinajstić information content (AvgIpc) is 3.16. The Morgan fingerprint density at radius 2 is 1.56 bits per heavy atom. The maximum atomic E-state index is 13.5. The summed E-state index contributed by atoms with van der Waals surface area (Å²) in [6.07, 6.45) is 1.43. The Kier molecular flexibility index (Phi) is 14.0. The largest absolute Gasteiger partial charge is 0.505 e. The van der Waals surface area contributed by atoms with Gasteiger partial charge in [-0.2, -0.15) is 0 Å². The molecular formula is C39H43F2N9O5. The van der Waals surface area contributed by atoms with Gasteiger partial charge in [-0.3, -0.25) is 24.4 Å². The van der Waals surface area contributed by atoms with Gasteiger partial charge in [-0.15, -0.1) is 0 Å². The minimum atomic E-state index is -0.771. The first-order valence-electron chi connectivity index (χ1n) is 16.9. The highest BCUT2D eigenvalue weighted by molar-refractivity contribution is 5.96. The fourth-order valence-electron chi connectivity index (χ4n) is 5.16. The molecule has 0 saturated carbocycles. The SMILES string of the molecule is CC(C)Nc1ncc(-c2cc(N)cc(C(=O)NCc3ccc(F)c(O)c3)c2)n(CC(=O)NCc2ccc(C(=N)N)cc2)c1=O.COc1cc(CN)ccc1F. The number of phenols is 1. The van der Waals surface area contributed by atoms with Crippen LogP contribution in [0.4, 0.5) is 20.3 Å². The zero-order chi connectivity index (χ0) is 40.2. The monoisotopic (exact) mass is 755 g/mol. The maximum Gasteiger partial charge on any atom is 0.294 e.